The summed E-state index contributed by atoms with van der Waals surface area (Å²) in [5.74, 6) is -2.57. The number of rotatable bonds is 11. The van der Waals surface area contributed by atoms with Crippen molar-refractivity contribution in [3.63, 3.8) is 0 Å². The van der Waals surface area contributed by atoms with Gasteiger partial charge in [-0.3, -0.25) is 0 Å². The maximum absolute atomic E-state index is 15.1. The van der Waals surface area contributed by atoms with Crippen LogP contribution in [0.2, 0.25) is 0 Å². The Labute approximate surface area is 222 Å². The first-order chi connectivity index (χ1) is 18.4. The van der Waals surface area contributed by atoms with Crippen LogP contribution in [0.3, 0.4) is 0 Å². The van der Waals surface area contributed by atoms with Crippen molar-refractivity contribution in [3.8, 4) is 22.6 Å². The molecule has 2 nitrogen and oxygen atoms in total. The third-order valence-corrected chi connectivity index (χ3v) is 7.40. The van der Waals surface area contributed by atoms with Gasteiger partial charge in [0.05, 0.1) is 13.2 Å². The van der Waals surface area contributed by atoms with Crippen LogP contribution in [0.15, 0.2) is 61.2 Å². The molecule has 0 unspecified atom stereocenters. The summed E-state index contributed by atoms with van der Waals surface area (Å²) in [6, 6.07) is 13.4. The van der Waals surface area contributed by atoms with Gasteiger partial charge >= 0.3 is 0 Å². The highest BCUT2D eigenvalue weighted by atomic mass is 19.2. The zero-order valence-corrected chi connectivity index (χ0v) is 21.8. The van der Waals surface area contributed by atoms with Gasteiger partial charge in [0, 0.05) is 5.56 Å². The van der Waals surface area contributed by atoms with Crippen LogP contribution in [-0.4, -0.2) is 13.2 Å². The van der Waals surface area contributed by atoms with Gasteiger partial charge in [0.2, 0.25) is 5.82 Å². The van der Waals surface area contributed by atoms with Crippen molar-refractivity contribution in [2.75, 3.05) is 13.2 Å². The number of hydrogen-bond acceptors (Lipinski definition) is 2. The smallest absolute Gasteiger partial charge is 0.200 e. The fourth-order valence-corrected chi connectivity index (χ4v) is 5.25. The van der Waals surface area contributed by atoms with E-state index in [1.165, 1.54) is 6.07 Å². The molecule has 202 valence electrons. The first-order valence-electron chi connectivity index (χ1n) is 13.3. The van der Waals surface area contributed by atoms with E-state index in [4.69, 9.17) is 9.47 Å². The van der Waals surface area contributed by atoms with Crippen LogP contribution in [0.25, 0.3) is 11.1 Å². The Morgan fingerprint density at radius 3 is 2.24 bits per heavy atom. The predicted octanol–water partition coefficient (Wildman–Crippen LogP) is 9.17. The van der Waals surface area contributed by atoms with E-state index in [2.05, 4.69) is 6.58 Å². The molecule has 6 heteroatoms. The van der Waals surface area contributed by atoms with Crippen molar-refractivity contribution in [1.29, 1.82) is 0 Å². The molecule has 1 saturated carbocycles. The summed E-state index contributed by atoms with van der Waals surface area (Å²) in [5, 5.41) is 0. The largest absolute Gasteiger partial charge is 0.494 e. The lowest BCUT2D eigenvalue weighted by molar-refractivity contribution is 0.297. The average molecular weight is 527 g/mol. The van der Waals surface area contributed by atoms with Crippen molar-refractivity contribution < 1.29 is 27.0 Å². The minimum atomic E-state index is -0.957. The van der Waals surface area contributed by atoms with E-state index in [1.807, 2.05) is 6.92 Å². The standard InChI is InChI=1S/C32H34F4O2/c1-3-5-20-38-28-19-14-24(29(33)32(28)36)11-8-21-6-9-22(10-7-21)26-17-18-27(31(35)30(26)34)23-12-15-25(16-13-23)37-4-2/h3,12-19,21-22H,1,4-11,20H2,2H3. The first kappa shape index (κ1) is 27.7. The summed E-state index contributed by atoms with van der Waals surface area (Å²) < 4.78 is 69.7. The normalized spacial score (nSPS) is 17.3. The van der Waals surface area contributed by atoms with Crippen molar-refractivity contribution in [1.82, 2.24) is 0 Å². The molecular formula is C32H34F4O2. The SMILES string of the molecule is C=CCCOc1ccc(CCC2CCC(c3ccc(-c4ccc(OCC)cc4)c(F)c3F)CC2)c(F)c1F. The minimum Gasteiger partial charge on any atom is -0.494 e. The molecule has 0 bridgehead atoms. The van der Waals surface area contributed by atoms with Crippen LogP contribution in [0, 0.1) is 29.2 Å². The average Bonchev–Trinajstić information content (AvgIpc) is 2.93. The van der Waals surface area contributed by atoms with Gasteiger partial charge in [-0.25, -0.2) is 13.2 Å². The molecule has 1 aliphatic carbocycles. The summed E-state index contributed by atoms with van der Waals surface area (Å²) in [7, 11) is 0. The molecule has 0 N–H and O–H groups in total. The topological polar surface area (TPSA) is 18.5 Å². The molecule has 0 atom stereocenters. The maximum Gasteiger partial charge on any atom is 0.200 e. The van der Waals surface area contributed by atoms with Gasteiger partial charge in [-0.1, -0.05) is 36.4 Å². The minimum absolute atomic E-state index is 0.0590. The summed E-state index contributed by atoms with van der Waals surface area (Å²) >= 11 is 0. The Hall–Kier alpha value is -3.28. The quantitative estimate of drug-likeness (QED) is 0.141. The Morgan fingerprint density at radius 2 is 1.55 bits per heavy atom. The summed E-state index contributed by atoms with van der Waals surface area (Å²) in [6.07, 6.45) is 6.47. The van der Waals surface area contributed by atoms with E-state index in [9.17, 15) is 8.78 Å². The van der Waals surface area contributed by atoms with Gasteiger partial charge < -0.3 is 9.47 Å². The molecule has 1 fully saturated rings. The van der Waals surface area contributed by atoms with Crippen molar-refractivity contribution in [3.05, 3.63) is 95.6 Å². The van der Waals surface area contributed by atoms with Crippen molar-refractivity contribution in [2.45, 2.75) is 57.8 Å². The highest BCUT2D eigenvalue weighted by Gasteiger charge is 2.27. The van der Waals surface area contributed by atoms with Crippen LogP contribution < -0.4 is 9.47 Å². The van der Waals surface area contributed by atoms with Crippen LogP contribution >= 0.6 is 0 Å². The van der Waals surface area contributed by atoms with Gasteiger partial charge in [-0.15, -0.1) is 6.58 Å². The highest BCUT2D eigenvalue weighted by molar-refractivity contribution is 5.65. The lowest BCUT2D eigenvalue weighted by Gasteiger charge is -2.29. The van der Waals surface area contributed by atoms with E-state index >= 15 is 8.78 Å². The maximum atomic E-state index is 15.1. The van der Waals surface area contributed by atoms with Crippen LogP contribution in [0.5, 0.6) is 11.5 Å². The molecule has 3 aromatic carbocycles. The molecule has 1 aliphatic rings. The second-order valence-electron chi connectivity index (χ2n) is 9.82. The molecule has 0 aromatic heterocycles. The molecule has 0 spiro atoms. The Balaban J connectivity index is 1.34. The molecule has 3 aromatic rings. The Kier molecular flexibility index (Phi) is 9.48. The zero-order chi connectivity index (χ0) is 27.1. The summed E-state index contributed by atoms with van der Waals surface area (Å²) in [6.45, 7) is 6.25. The van der Waals surface area contributed by atoms with E-state index < -0.39 is 23.3 Å². The van der Waals surface area contributed by atoms with Gasteiger partial charge in [0.25, 0.3) is 0 Å². The molecule has 38 heavy (non-hydrogen) atoms. The van der Waals surface area contributed by atoms with Gasteiger partial charge in [0.1, 0.15) is 5.75 Å². The second kappa shape index (κ2) is 13.0. The predicted molar refractivity (Wildman–Crippen MR) is 143 cm³/mol. The second-order valence-corrected chi connectivity index (χ2v) is 9.82. The molecule has 0 amide bonds. The Morgan fingerprint density at radius 1 is 0.816 bits per heavy atom. The fraction of sp³-hybridized carbons (Fsp3) is 0.375. The molecule has 4 rings (SSSR count). The van der Waals surface area contributed by atoms with Crippen molar-refractivity contribution in [2.24, 2.45) is 5.92 Å². The molecule has 0 saturated heterocycles. The summed E-state index contributed by atoms with van der Waals surface area (Å²) in [4.78, 5) is 0. The number of benzene rings is 3. The van der Waals surface area contributed by atoms with E-state index in [1.54, 1.807) is 48.5 Å². The fourth-order valence-electron chi connectivity index (χ4n) is 5.25. The van der Waals surface area contributed by atoms with Crippen LogP contribution in [0.4, 0.5) is 17.6 Å². The van der Waals surface area contributed by atoms with Crippen molar-refractivity contribution >= 4 is 0 Å². The monoisotopic (exact) mass is 526 g/mol. The van der Waals surface area contributed by atoms with E-state index in [0.717, 1.165) is 25.7 Å². The molecular weight excluding hydrogens is 492 g/mol. The lowest BCUT2D eigenvalue weighted by Crippen LogP contribution is -2.16. The van der Waals surface area contributed by atoms with E-state index in [-0.39, 0.29) is 23.8 Å². The number of hydrogen-bond donors (Lipinski definition) is 0. The number of ether oxygens (including phenoxy) is 2. The third kappa shape index (κ3) is 6.40. The highest BCUT2D eigenvalue weighted by Crippen LogP contribution is 2.40. The number of halogens is 4. The van der Waals surface area contributed by atoms with Crippen LogP contribution in [0.1, 0.15) is 62.5 Å². The zero-order valence-electron chi connectivity index (χ0n) is 21.8. The summed E-state index contributed by atoms with van der Waals surface area (Å²) in [5.41, 5.74) is 1.57. The number of aryl methyl sites for hydroxylation is 1. The first-order valence-corrected chi connectivity index (χ1v) is 13.3. The third-order valence-electron chi connectivity index (χ3n) is 7.40. The lowest BCUT2D eigenvalue weighted by atomic mass is 9.76. The Bertz CT molecular complexity index is 1230. The molecule has 0 aliphatic heterocycles. The van der Waals surface area contributed by atoms with E-state index in [0.29, 0.717) is 54.2 Å². The molecule has 0 radical (unpaired) electrons. The molecule has 0 heterocycles. The van der Waals surface area contributed by atoms with Gasteiger partial charge in [-0.2, -0.15) is 4.39 Å². The van der Waals surface area contributed by atoms with Crippen LogP contribution in [-0.2, 0) is 6.42 Å². The van der Waals surface area contributed by atoms with Gasteiger partial charge in [-0.05, 0) is 98.6 Å². The van der Waals surface area contributed by atoms with Gasteiger partial charge in [0.15, 0.2) is 23.2 Å².